The molecule has 5 heteroatoms. The van der Waals surface area contributed by atoms with Gasteiger partial charge in [0, 0.05) is 25.5 Å². The first kappa shape index (κ1) is 12.4. The van der Waals surface area contributed by atoms with Gasteiger partial charge in [-0.15, -0.1) is 0 Å². The molecule has 0 fully saturated rings. The predicted octanol–water partition coefficient (Wildman–Crippen LogP) is 0.815. The molecule has 1 aliphatic heterocycles. The third-order valence-electron chi connectivity index (χ3n) is 3.17. The Bertz CT molecular complexity index is 499. The molecule has 0 aliphatic carbocycles. The summed E-state index contributed by atoms with van der Waals surface area (Å²) < 4.78 is 4.63. The molecule has 0 N–H and O–H groups in total. The quantitative estimate of drug-likeness (QED) is 0.743. The fourth-order valence-electron chi connectivity index (χ4n) is 2.04. The van der Waals surface area contributed by atoms with Gasteiger partial charge < -0.3 is 14.5 Å². The molecule has 0 saturated heterocycles. The zero-order valence-electron chi connectivity index (χ0n) is 10.8. The number of amides is 1. The molecule has 0 spiro atoms. The monoisotopic (exact) mass is 248 g/mol. The van der Waals surface area contributed by atoms with Crippen LogP contribution in [0.5, 0.6) is 0 Å². The van der Waals surface area contributed by atoms with Crippen molar-refractivity contribution in [3.63, 3.8) is 0 Å². The highest BCUT2D eigenvalue weighted by Gasteiger charge is 2.24. The van der Waals surface area contributed by atoms with E-state index >= 15 is 0 Å². The van der Waals surface area contributed by atoms with E-state index in [4.69, 9.17) is 0 Å². The van der Waals surface area contributed by atoms with Gasteiger partial charge in [-0.25, -0.2) is 0 Å². The van der Waals surface area contributed by atoms with Crippen LogP contribution in [0.4, 0.5) is 11.4 Å². The first-order valence-electron chi connectivity index (χ1n) is 5.70. The molecule has 0 aromatic heterocycles. The van der Waals surface area contributed by atoms with E-state index in [0.29, 0.717) is 6.42 Å². The van der Waals surface area contributed by atoms with Gasteiger partial charge in [0.05, 0.1) is 13.5 Å². The van der Waals surface area contributed by atoms with Crippen molar-refractivity contribution in [2.75, 3.05) is 37.5 Å². The van der Waals surface area contributed by atoms with Crippen LogP contribution in [0.1, 0.15) is 5.56 Å². The maximum Gasteiger partial charge on any atom is 0.325 e. The standard InChI is InChI=1S/C13H16N2O3/c1-14(8-13(17)18-3)10-4-5-11-9(6-10)7-12(16)15(11)2/h4-6H,7-8H2,1-3H3. The van der Waals surface area contributed by atoms with E-state index in [1.54, 1.807) is 16.8 Å². The average molecular weight is 248 g/mol. The van der Waals surface area contributed by atoms with E-state index in [1.807, 2.05) is 25.2 Å². The van der Waals surface area contributed by atoms with E-state index in [0.717, 1.165) is 16.9 Å². The van der Waals surface area contributed by atoms with Gasteiger partial charge in [0.15, 0.2) is 0 Å². The van der Waals surface area contributed by atoms with Crippen molar-refractivity contribution in [1.82, 2.24) is 0 Å². The topological polar surface area (TPSA) is 49.9 Å². The van der Waals surface area contributed by atoms with Gasteiger partial charge >= 0.3 is 5.97 Å². The molecule has 1 amide bonds. The van der Waals surface area contributed by atoms with Crippen molar-refractivity contribution in [1.29, 1.82) is 0 Å². The number of hydrogen-bond donors (Lipinski definition) is 0. The molecular formula is C13H16N2O3. The molecule has 18 heavy (non-hydrogen) atoms. The number of carbonyl (C=O) groups is 2. The maximum atomic E-state index is 11.6. The van der Waals surface area contributed by atoms with E-state index in [2.05, 4.69) is 4.74 Å². The highest BCUT2D eigenvalue weighted by atomic mass is 16.5. The Morgan fingerprint density at radius 1 is 1.50 bits per heavy atom. The molecule has 1 heterocycles. The Hall–Kier alpha value is -2.04. The third kappa shape index (κ3) is 2.16. The van der Waals surface area contributed by atoms with E-state index in [-0.39, 0.29) is 18.4 Å². The summed E-state index contributed by atoms with van der Waals surface area (Å²) in [6.07, 6.45) is 0.422. The first-order valence-corrected chi connectivity index (χ1v) is 5.70. The Labute approximate surface area is 106 Å². The lowest BCUT2D eigenvalue weighted by Crippen LogP contribution is -2.26. The van der Waals surface area contributed by atoms with Crippen LogP contribution in [-0.4, -0.2) is 39.6 Å². The fraction of sp³-hybridized carbons (Fsp3) is 0.385. The second-order valence-electron chi connectivity index (χ2n) is 4.37. The summed E-state index contributed by atoms with van der Waals surface area (Å²) in [7, 11) is 4.96. The summed E-state index contributed by atoms with van der Waals surface area (Å²) in [5.74, 6) is -0.191. The van der Waals surface area contributed by atoms with Gasteiger partial charge in [0.1, 0.15) is 6.54 Å². The highest BCUT2D eigenvalue weighted by Crippen LogP contribution is 2.30. The number of likely N-dealkylation sites (N-methyl/N-ethyl adjacent to an activating group) is 2. The number of benzene rings is 1. The summed E-state index contributed by atoms with van der Waals surface area (Å²) in [6.45, 7) is 0.194. The molecule has 1 aromatic carbocycles. The lowest BCUT2D eigenvalue weighted by Gasteiger charge is -2.19. The van der Waals surface area contributed by atoms with Crippen LogP contribution in [0.2, 0.25) is 0 Å². The summed E-state index contributed by atoms with van der Waals surface area (Å²) >= 11 is 0. The number of nitrogens with zero attached hydrogens (tertiary/aromatic N) is 2. The van der Waals surface area contributed by atoms with Crippen LogP contribution in [0.15, 0.2) is 18.2 Å². The number of carbonyl (C=O) groups excluding carboxylic acids is 2. The minimum Gasteiger partial charge on any atom is -0.468 e. The largest absolute Gasteiger partial charge is 0.468 e. The number of esters is 1. The SMILES string of the molecule is COC(=O)CN(C)c1ccc2c(c1)CC(=O)N2C. The zero-order chi connectivity index (χ0) is 13.3. The molecule has 0 saturated carbocycles. The van der Waals surface area contributed by atoms with Crippen molar-refractivity contribution < 1.29 is 14.3 Å². The minimum atomic E-state index is -0.286. The molecule has 0 unspecified atom stereocenters. The second kappa shape index (κ2) is 4.68. The molecule has 1 aromatic rings. The molecular weight excluding hydrogens is 232 g/mol. The summed E-state index contributed by atoms with van der Waals surface area (Å²) in [5, 5.41) is 0. The van der Waals surface area contributed by atoms with Crippen molar-refractivity contribution in [2.24, 2.45) is 0 Å². The van der Waals surface area contributed by atoms with Crippen LogP contribution in [0.3, 0.4) is 0 Å². The second-order valence-corrected chi connectivity index (χ2v) is 4.37. The van der Waals surface area contributed by atoms with Gasteiger partial charge in [-0.2, -0.15) is 0 Å². The van der Waals surface area contributed by atoms with Crippen molar-refractivity contribution >= 4 is 23.3 Å². The van der Waals surface area contributed by atoms with Gasteiger partial charge in [0.25, 0.3) is 0 Å². The van der Waals surface area contributed by atoms with Crippen LogP contribution >= 0.6 is 0 Å². The van der Waals surface area contributed by atoms with Crippen LogP contribution in [0, 0.1) is 0 Å². The lowest BCUT2D eigenvalue weighted by atomic mass is 10.1. The molecule has 0 atom stereocenters. The van der Waals surface area contributed by atoms with Gasteiger partial charge in [-0.1, -0.05) is 0 Å². The van der Waals surface area contributed by atoms with Gasteiger partial charge in [0.2, 0.25) is 5.91 Å². The van der Waals surface area contributed by atoms with E-state index in [9.17, 15) is 9.59 Å². The van der Waals surface area contributed by atoms with Crippen LogP contribution in [-0.2, 0) is 20.7 Å². The van der Waals surface area contributed by atoms with E-state index in [1.165, 1.54) is 7.11 Å². The van der Waals surface area contributed by atoms with E-state index < -0.39 is 0 Å². The average Bonchev–Trinajstić information content (AvgIpc) is 2.64. The third-order valence-corrected chi connectivity index (χ3v) is 3.17. The van der Waals surface area contributed by atoms with Gasteiger partial charge in [-0.3, -0.25) is 9.59 Å². The Kier molecular flexibility index (Phi) is 3.23. The summed E-state index contributed by atoms with van der Waals surface area (Å²) in [4.78, 5) is 26.2. The zero-order valence-corrected chi connectivity index (χ0v) is 10.8. The Morgan fingerprint density at radius 3 is 2.89 bits per heavy atom. The highest BCUT2D eigenvalue weighted by molar-refractivity contribution is 6.01. The maximum absolute atomic E-state index is 11.6. The predicted molar refractivity (Wildman–Crippen MR) is 68.8 cm³/mol. The Balaban J connectivity index is 2.20. The normalized spacial score (nSPS) is 13.5. The summed E-state index contributed by atoms with van der Waals surface area (Å²) in [5.41, 5.74) is 2.84. The van der Waals surface area contributed by atoms with Crippen molar-refractivity contribution in [3.05, 3.63) is 23.8 Å². The van der Waals surface area contributed by atoms with Gasteiger partial charge in [-0.05, 0) is 23.8 Å². The molecule has 96 valence electrons. The van der Waals surface area contributed by atoms with Crippen LogP contribution in [0.25, 0.3) is 0 Å². The molecule has 0 radical (unpaired) electrons. The van der Waals surface area contributed by atoms with Crippen LogP contribution < -0.4 is 9.80 Å². The minimum absolute atomic E-state index is 0.0952. The van der Waals surface area contributed by atoms with Crippen molar-refractivity contribution in [2.45, 2.75) is 6.42 Å². The fourth-order valence-corrected chi connectivity index (χ4v) is 2.04. The number of anilines is 2. The number of rotatable bonds is 3. The molecule has 2 rings (SSSR count). The number of hydrogen-bond acceptors (Lipinski definition) is 4. The lowest BCUT2D eigenvalue weighted by molar-refractivity contribution is -0.138. The molecule has 1 aliphatic rings. The molecule has 5 nitrogen and oxygen atoms in total. The number of ether oxygens (including phenoxy) is 1. The summed E-state index contributed by atoms with van der Waals surface area (Å²) in [6, 6.07) is 5.75. The van der Waals surface area contributed by atoms with Crippen molar-refractivity contribution in [3.8, 4) is 0 Å². The molecule has 0 bridgehead atoms. The number of fused-ring (bicyclic) bond motifs is 1. The smallest absolute Gasteiger partial charge is 0.325 e. The Morgan fingerprint density at radius 2 is 2.22 bits per heavy atom. The first-order chi connectivity index (χ1) is 8.52. The number of methoxy groups -OCH3 is 1.